The summed E-state index contributed by atoms with van der Waals surface area (Å²) >= 11 is 0. The van der Waals surface area contributed by atoms with Gasteiger partial charge in [0.25, 0.3) is 0 Å². The summed E-state index contributed by atoms with van der Waals surface area (Å²) in [5.74, 6) is 0.658. The van der Waals surface area contributed by atoms with Gasteiger partial charge in [-0.1, -0.05) is 0 Å². The van der Waals surface area contributed by atoms with E-state index in [-0.39, 0.29) is 5.56 Å². The molecule has 1 aliphatic rings. The van der Waals surface area contributed by atoms with Gasteiger partial charge in [0.15, 0.2) is 0 Å². The van der Waals surface area contributed by atoms with E-state index in [1.54, 1.807) is 31.5 Å². The lowest BCUT2D eigenvalue weighted by atomic mass is 10.1. The van der Waals surface area contributed by atoms with Crippen LogP contribution in [-0.4, -0.2) is 34.3 Å². The minimum atomic E-state index is -0.934. The molecule has 0 saturated heterocycles. The van der Waals surface area contributed by atoms with Crippen LogP contribution in [0.25, 0.3) is 0 Å². The molecule has 1 aromatic carbocycles. The van der Waals surface area contributed by atoms with Gasteiger partial charge in [0.2, 0.25) is 0 Å². The largest absolute Gasteiger partial charge is 0.497 e. The van der Waals surface area contributed by atoms with Crippen molar-refractivity contribution >= 4 is 11.7 Å². The number of aromatic carboxylic acids is 1. The van der Waals surface area contributed by atoms with Gasteiger partial charge in [0, 0.05) is 31.5 Å². The number of carboxylic acids is 1. The predicted molar refractivity (Wildman–Crippen MR) is 73.2 cm³/mol. The van der Waals surface area contributed by atoms with Crippen LogP contribution in [-0.2, 0) is 13.1 Å². The van der Waals surface area contributed by atoms with Gasteiger partial charge >= 0.3 is 5.97 Å². The van der Waals surface area contributed by atoms with Gasteiger partial charge in [-0.15, -0.1) is 0 Å². The van der Waals surface area contributed by atoms with Crippen molar-refractivity contribution in [3.63, 3.8) is 0 Å². The maximum absolute atomic E-state index is 11.4. The number of hydrogen-bond acceptors (Lipinski definition) is 4. The number of imidazole rings is 1. The van der Waals surface area contributed by atoms with Gasteiger partial charge in [-0.2, -0.15) is 0 Å². The van der Waals surface area contributed by atoms with Gasteiger partial charge in [0.1, 0.15) is 11.6 Å². The van der Waals surface area contributed by atoms with Crippen LogP contribution >= 0.6 is 0 Å². The lowest BCUT2D eigenvalue weighted by Crippen LogP contribution is -2.34. The molecule has 2 heterocycles. The molecule has 6 heteroatoms. The van der Waals surface area contributed by atoms with Crippen LogP contribution in [0.3, 0.4) is 0 Å². The van der Waals surface area contributed by atoms with Crippen molar-refractivity contribution in [1.82, 2.24) is 9.55 Å². The van der Waals surface area contributed by atoms with Crippen molar-refractivity contribution in [1.29, 1.82) is 0 Å². The molecule has 1 N–H and O–H groups in total. The second-order valence-electron chi connectivity index (χ2n) is 4.65. The van der Waals surface area contributed by atoms with Gasteiger partial charge < -0.3 is 19.3 Å². The molecule has 0 radical (unpaired) electrons. The highest BCUT2D eigenvalue weighted by Gasteiger charge is 2.22. The number of carbonyl (C=O) groups is 1. The Bertz CT molecular complexity index is 651. The predicted octanol–water partition coefficient (Wildman–Crippen LogP) is 1.61. The molecule has 0 fully saturated rings. The van der Waals surface area contributed by atoms with E-state index in [0.717, 1.165) is 18.9 Å². The summed E-state index contributed by atoms with van der Waals surface area (Å²) in [5.41, 5.74) is 0.955. The monoisotopic (exact) mass is 273 g/mol. The molecule has 0 spiro atoms. The molecular formula is C14H15N3O3. The first kappa shape index (κ1) is 12.5. The molecule has 0 atom stereocenters. The molecule has 104 valence electrons. The van der Waals surface area contributed by atoms with Crippen LogP contribution in [0.4, 0.5) is 5.69 Å². The lowest BCUT2D eigenvalue weighted by molar-refractivity contribution is 0.0697. The second-order valence-corrected chi connectivity index (χ2v) is 4.65. The molecule has 1 aliphatic heterocycles. The molecule has 0 amide bonds. The zero-order valence-corrected chi connectivity index (χ0v) is 11.1. The van der Waals surface area contributed by atoms with Crippen molar-refractivity contribution in [2.45, 2.75) is 13.1 Å². The summed E-state index contributed by atoms with van der Waals surface area (Å²) in [6.07, 6.45) is 3.71. The highest BCUT2D eigenvalue weighted by molar-refractivity contribution is 5.94. The Hall–Kier alpha value is -2.50. The Morgan fingerprint density at radius 3 is 3.00 bits per heavy atom. The molecule has 0 aliphatic carbocycles. The van der Waals surface area contributed by atoms with Crippen molar-refractivity contribution in [3.8, 4) is 5.75 Å². The third-order valence-electron chi connectivity index (χ3n) is 3.52. The second kappa shape index (κ2) is 4.88. The van der Waals surface area contributed by atoms with Gasteiger partial charge in [-0.05, 0) is 12.1 Å². The number of nitrogens with zero attached hydrogens (tertiary/aromatic N) is 3. The first-order valence-corrected chi connectivity index (χ1v) is 6.35. The number of benzene rings is 1. The number of rotatable bonds is 3. The van der Waals surface area contributed by atoms with Crippen LogP contribution in [0, 0.1) is 0 Å². The minimum absolute atomic E-state index is 0.283. The summed E-state index contributed by atoms with van der Waals surface area (Å²) in [4.78, 5) is 17.7. The average Bonchev–Trinajstić information content (AvgIpc) is 2.93. The first-order chi connectivity index (χ1) is 9.69. The quantitative estimate of drug-likeness (QED) is 0.920. The van der Waals surface area contributed by atoms with E-state index in [2.05, 4.69) is 9.55 Å². The van der Waals surface area contributed by atoms with Crippen LogP contribution in [0.5, 0.6) is 5.75 Å². The van der Waals surface area contributed by atoms with Gasteiger partial charge in [0.05, 0.1) is 24.9 Å². The van der Waals surface area contributed by atoms with E-state index < -0.39 is 5.97 Å². The normalized spacial score (nSPS) is 13.9. The van der Waals surface area contributed by atoms with E-state index in [9.17, 15) is 9.90 Å². The number of carboxylic acid groups (broad SMARTS) is 1. The number of methoxy groups -OCH3 is 1. The zero-order chi connectivity index (χ0) is 14.1. The van der Waals surface area contributed by atoms with E-state index >= 15 is 0 Å². The molecular weight excluding hydrogens is 258 g/mol. The molecule has 20 heavy (non-hydrogen) atoms. The van der Waals surface area contributed by atoms with E-state index in [0.29, 0.717) is 18.0 Å². The molecule has 1 aromatic heterocycles. The zero-order valence-electron chi connectivity index (χ0n) is 11.1. The maximum atomic E-state index is 11.4. The van der Waals surface area contributed by atoms with Crippen molar-refractivity contribution < 1.29 is 14.6 Å². The number of aromatic nitrogens is 2. The summed E-state index contributed by atoms with van der Waals surface area (Å²) in [7, 11) is 1.57. The van der Waals surface area contributed by atoms with Gasteiger partial charge in [-0.25, -0.2) is 9.78 Å². The highest BCUT2D eigenvalue weighted by Crippen LogP contribution is 2.28. The van der Waals surface area contributed by atoms with E-state index in [4.69, 9.17) is 4.74 Å². The van der Waals surface area contributed by atoms with Crippen LogP contribution in [0.15, 0.2) is 30.6 Å². The number of hydrogen-bond donors (Lipinski definition) is 1. The smallest absolute Gasteiger partial charge is 0.337 e. The van der Waals surface area contributed by atoms with Crippen LogP contribution < -0.4 is 9.64 Å². The Kier molecular flexibility index (Phi) is 3.06. The fourth-order valence-electron chi connectivity index (χ4n) is 2.46. The standard InChI is InChI=1S/C14H15N3O3/c1-20-10-2-3-11(14(18)19)12(8-10)17-7-6-16-5-4-15-13(16)9-17/h2-5,8H,6-7,9H2,1H3,(H,18,19). The maximum Gasteiger partial charge on any atom is 0.337 e. The topological polar surface area (TPSA) is 67.6 Å². The molecule has 0 bridgehead atoms. The average molecular weight is 273 g/mol. The van der Waals surface area contributed by atoms with Gasteiger partial charge in [-0.3, -0.25) is 0 Å². The Balaban J connectivity index is 1.99. The number of ether oxygens (including phenoxy) is 1. The first-order valence-electron chi connectivity index (χ1n) is 6.35. The third kappa shape index (κ3) is 2.09. The summed E-state index contributed by atoms with van der Waals surface area (Å²) < 4.78 is 7.27. The molecule has 2 aromatic rings. The fourth-order valence-corrected chi connectivity index (χ4v) is 2.46. The van der Waals surface area contributed by atoms with Crippen molar-refractivity contribution in [2.24, 2.45) is 0 Å². The third-order valence-corrected chi connectivity index (χ3v) is 3.52. The molecule has 0 unspecified atom stereocenters. The van der Waals surface area contributed by atoms with E-state index in [1.807, 2.05) is 11.1 Å². The van der Waals surface area contributed by atoms with Crippen LogP contribution in [0.2, 0.25) is 0 Å². The Morgan fingerprint density at radius 2 is 2.25 bits per heavy atom. The van der Waals surface area contributed by atoms with Crippen LogP contribution in [0.1, 0.15) is 16.2 Å². The molecule has 0 saturated carbocycles. The van der Waals surface area contributed by atoms with E-state index in [1.165, 1.54) is 0 Å². The minimum Gasteiger partial charge on any atom is -0.497 e. The van der Waals surface area contributed by atoms with Crippen molar-refractivity contribution in [2.75, 3.05) is 18.6 Å². The summed E-state index contributed by atoms with van der Waals surface area (Å²) in [6.45, 7) is 2.14. The SMILES string of the molecule is COc1ccc(C(=O)O)c(N2CCn3ccnc3C2)c1. The summed E-state index contributed by atoms with van der Waals surface area (Å²) in [5, 5.41) is 9.33. The summed E-state index contributed by atoms with van der Waals surface area (Å²) in [6, 6.07) is 5.01. The molecule has 3 rings (SSSR count). The lowest BCUT2D eigenvalue weighted by Gasteiger charge is -2.30. The molecule has 6 nitrogen and oxygen atoms in total. The number of anilines is 1. The number of fused-ring (bicyclic) bond motifs is 1. The fraction of sp³-hybridized carbons (Fsp3) is 0.286. The highest BCUT2D eigenvalue weighted by atomic mass is 16.5. The Morgan fingerprint density at radius 1 is 1.40 bits per heavy atom. The Labute approximate surface area is 116 Å². The van der Waals surface area contributed by atoms with Crippen molar-refractivity contribution in [3.05, 3.63) is 42.0 Å².